The van der Waals surface area contributed by atoms with Gasteiger partial charge in [0.15, 0.2) is 6.10 Å². The van der Waals surface area contributed by atoms with Crippen LogP contribution in [0, 0.1) is 0 Å². The highest BCUT2D eigenvalue weighted by molar-refractivity contribution is 5.75. The number of esters is 1. The zero-order valence-electron chi connectivity index (χ0n) is 11.5. The van der Waals surface area contributed by atoms with Crippen molar-refractivity contribution in [1.29, 1.82) is 0 Å². The molecular weight excluding hydrogens is 242 g/mol. The van der Waals surface area contributed by atoms with Crippen molar-refractivity contribution in [1.82, 2.24) is 0 Å². The van der Waals surface area contributed by atoms with Gasteiger partial charge in [-0.2, -0.15) is 0 Å². The molecule has 1 aliphatic carbocycles. The summed E-state index contributed by atoms with van der Waals surface area (Å²) >= 11 is 0. The van der Waals surface area contributed by atoms with E-state index in [1.807, 2.05) is 25.1 Å². The molecule has 0 spiro atoms. The van der Waals surface area contributed by atoms with Crippen molar-refractivity contribution in [2.24, 2.45) is 5.73 Å². The van der Waals surface area contributed by atoms with Crippen molar-refractivity contribution in [2.45, 2.75) is 45.3 Å². The van der Waals surface area contributed by atoms with Crippen molar-refractivity contribution in [3.63, 3.8) is 0 Å². The van der Waals surface area contributed by atoms with Crippen LogP contribution in [0.1, 0.15) is 43.9 Å². The highest BCUT2D eigenvalue weighted by atomic mass is 16.6. The van der Waals surface area contributed by atoms with E-state index in [1.54, 1.807) is 6.92 Å². The first-order chi connectivity index (χ1) is 9.15. The van der Waals surface area contributed by atoms with Gasteiger partial charge in [0.25, 0.3) is 0 Å². The third-order valence-electron chi connectivity index (χ3n) is 3.44. The molecule has 1 aromatic carbocycles. The van der Waals surface area contributed by atoms with E-state index < -0.39 is 6.10 Å². The molecule has 0 bridgehead atoms. The Morgan fingerprint density at radius 1 is 1.47 bits per heavy atom. The number of ether oxygens (including phenoxy) is 2. The molecule has 0 radical (unpaired) electrons. The number of fused-ring (bicyclic) bond motifs is 1. The minimum absolute atomic E-state index is 0.135. The molecule has 4 nitrogen and oxygen atoms in total. The number of nitrogens with two attached hydrogens (primary N) is 1. The highest BCUT2D eigenvalue weighted by Gasteiger charge is 2.22. The van der Waals surface area contributed by atoms with Gasteiger partial charge in [-0.15, -0.1) is 0 Å². The molecule has 1 aliphatic rings. The zero-order chi connectivity index (χ0) is 13.8. The van der Waals surface area contributed by atoms with Crippen molar-refractivity contribution in [3.05, 3.63) is 29.3 Å². The minimum atomic E-state index is -0.534. The first-order valence-electron chi connectivity index (χ1n) is 6.87. The number of hydrogen-bond acceptors (Lipinski definition) is 4. The summed E-state index contributed by atoms with van der Waals surface area (Å²) in [6.07, 6.45) is 2.01. The summed E-state index contributed by atoms with van der Waals surface area (Å²) in [5.41, 5.74) is 8.41. The lowest BCUT2D eigenvalue weighted by atomic mass is 10.1. The molecule has 0 saturated heterocycles. The fourth-order valence-corrected chi connectivity index (χ4v) is 2.40. The van der Waals surface area contributed by atoms with Crippen LogP contribution < -0.4 is 10.5 Å². The Bertz CT molecular complexity index is 459. The average Bonchev–Trinajstić information content (AvgIpc) is 2.77. The number of hydrogen-bond donors (Lipinski definition) is 1. The first-order valence-corrected chi connectivity index (χ1v) is 6.87. The number of rotatable bonds is 5. The SMILES string of the molecule is CCOC(=O)C(CC)Oc1ccc2c(c1)CC[C@@H]2N. The monoisotopic (exact) mass is 263 g/mol. The lowest BCUT2D eigenvalue weighted by Crippen LogP contribution is -2.28. The lowest BCUT2D eigenvalue weighted by molar-refractivity contribution is -0.151. The highest BCUT2D eigenvalue weighted by Crippen LogP contribution is 2.32. The second-order valence-electron chi connectivity index (χ2n) is 4.77. The van der Waals surface area contributed by atoms with Gasteiger partial charge in [-0.05, 0) is 49.4 Å². The average molecular weight is 263 g/mol. The van der Waals surface area contributed by atoms with Gasteiger partial charge in [0, 0.05) is 6.04 Å². The molecule has 2 atom stereocenters. The Labute approximate surface area is 113 Å². The Kier molecular flexibility index (Phi) is 4.43. The molecule has 0 saturated carbocycles. The van der Waals surface area contributed by atoms with Crippen LogP contribution in [-0.2, 0) is 16.0 Å². The van der Waals surface area contributed by atoms with Crippen LogP contribution >= 0.6 is 0 Å². The molecule has 0 aliphatic heterocycles. The van der Waals surface area contributed by atoms with Crippen LogP contribution in [0.15, 0.2) is 18.2 Å². The van der Waals surface area contributed by atoms with Gasteiger partial charge in [-0.3, -0.25) is 0 Å². The second kappa shape index (κ2) is 6.06. The molecular formula is C15H21NO3. The number of aryl methyl sites for hydroxylation is 1. The first kappa shape index (κ1) is 13.9. The molecule has 104 valence electrons. The van der Waals surface area contributed by atoms with Crippen LogP contribution in [0.5, 0.6) is 5.75 Å². The van der Waals surface area contributed by atoms with E-state index in [1.165, 1.54) is 11.1 Å². The molecule has 0 amide bonds. The third kappa shape index (κ3) is 3.07. The van der Waals surface area contributed by atoms with Gasteiger partial charge in [0.1, 0.15) is 5.75 Å². The molecule has 19 heavy (non-hydrogen) atoms. The summed E-state index contributed by atoms with van der Waals surface area (Å²) in [7, 11) is 0. The Morgan fingerprint density at radius 2 is 2.26 bits per heavy atom. The number of carbonyl (C=O) groups is 1. The minimum Gasteiger partial charge on any atom is -0.479 e. The van der Waals surface area contributed by atoms with Crippen LogP contribution in [0.25, 0.3) is 0 Å². The summed E-state index contributed by atoms with van der Waals surface area (Å²) in [6.45, 7) is 4.07. The maximum Gasteiger partial charge on any atom is 0.347 e. The van der Waals surface area contributed by atoms with E-state index in [2.05, 4.69) is 0 Å². The molecule has 0 heterocycles. The van der Waals surface area contributed by atoms with Gasteiger partial charge < -0.3 is 15.2 Å². The predicted molar refractivity (Wildman–Crippen MR) is 73.0 cm³/mol. The largest absolute Gasteiger partial charge is 0.479 e. The van der Waals surface area contributed by atoms with Crippen LogP contribution in [0.2, 0.25) is 0 Å². The molecule has 2 rings (SSSR count). The fourth-order valence-electron chi connectivity index (χ4n) is 2.40. The number of benzene rings is 1. The molecule has 0 fully saturated rings. The molecule has 1 unspecified atom stereocenters. The quantitative estimate of drug-likeness (QED) is 0.828. The summed E-state index contributed by atoms with van der Waals surface area (Å²) in [4.78, 5) is 11.7. The topological polar surface area (TPSA) is 61.5 Å². The lowest BCUT2D eigenvalue weighted by Gasteiger charge is -2.16. The molecule has 4 heteroatoms. The van der Waals surface area contributed by atoms with Crippen molar-refractivity contribution in [3.8, 4) is 5.75 Å². The Morgan fingerprint density at radius 3 is 2.95 bits per heavy atom. The van der Waals surface area contributed by atoms with Crippen molar-refractivity contribution >= 4 is 5.97 Å². The number of carbonyl (C=O) groups excluding carboxylic acids is 1. The molecule has 2 N–H and O–H groups in total. The van der Waals surface area contributed by atoms with Crippen LogP contribution in [0.3, 0.4) is 0 Å². The summed E-state index contributed by atoms with van der Waals surface area (Å²) < 4.78 is 10.7. The summed E-state index contributed by atoms with van der Waals surface area (Å²) in [5, 5.41) is 0. The molecule has 1 aromatic rings. The van der Waals surface area contributed by atoms with E-state index in [4.69, 9.17) is 15.2 Å². The van der Waals surface area contributed by atoms with Gasteiger partial charge in [0.05, 0.1) is 6.61 Å². The van der Waals surface area contributed by atoms with E-state index in [0.717, 1.165) is 12.8 Å². The third-order valence-corrected chi connectivity index (χ3v) is 3.44. The predicted octanol–water partition coefficient (Wildman–Crippen LogP) is 2.35. The Balaban J connectivity index is 2.08. The smallest absolute Gasteiger partial charge is 0.347 e. The van der Waals surface area contributed by atoms with E-state index in [-0.39, 0.29) is 12.0 Å². The maximum absolute atomic E-state index is 11.7. The summed E-state index contributed by atoms with van der Waals surface area (Å²) in [6, 6.07) is 6.01. The normalized spacial score (nSPS) is 18.8. The van der Waals surface area contributed by atoms with Crippen LogP contribution in [0.4, 0.5) is 0 Å². The van der Waals surface area contributed by atoms with Crippen LogP contribution in [-0.4, -0.2) is 18.7 Å². The second-order valence-corrected chi connectivity index (χ2v) is 4.77. The standard InChI is InChI=1S/C15H21NO3/c1-3-14(15(17)18-4-2)19-11-6-7-12-10(9-11)5-8-13(12)16/h6-7,9,13-14H,3-5,8,16H2,1-2H3/t13-,14?/m0/s1. The van der Waals surface area contributed by atoms with Crippen molar-refractivity contribution in [2.75, 3.05) is 6.61 Å². The summed E-state index contributed by atoms with van der Waals surface area (Å²) in [5.74, 6) is 0.412. The van der Waals surface area contributed by atoms with E-state index in [0.29, 0.717) is 18.8 Å². The van der Waals surface area contributed by atoms with Gasteiger partial charge in [-0.25, -0.2) is 4.79 Å². The van der Waals surface area contributed by atoms with Gasteiger partial charge in [-0.1, -0.05) is 13.0 Å². The van der Waals surface area contributed by atoms with E-state index in [9.17, 15) is 4.79 Å². The van der Waals surface area contributed by atoms with Crippen molar-refractivity contribution < 1.29 is 14.3 Å². The molecule has 0 aromatic heterocycles. The maximum atomic E-state index is 11.7. The van der Waals surface area contributed by atoms with E-state index >= 15 is 0 Å². The van der Waals surface area contributed by atoms with Gasteiger partial charge in [0.2, 0.25) is 0 Å². The van der Waals surface area contributed by atoms with Gasteiger partial charge >= 0.3 is 5.97 Å². The Hall–Kier alpha value is -1.55. The zero-order valence-corrected chi connectivity index (χ0v) is 11.5. The fraction of sp³-hybridized carbons (Fsp3) is 0.533.